The lowest BCUT2D eigenvalue weighted by Crippen LogP contribution is -3.27. The molecule has 0 aliphatic carbocycles. The number of benzene rings is 3. The zero-order valence-corrected chi connectivity index (χ0v) is 24.5. The molecule has 0 bridgehead atoms. The number of halogens is 3. The second kappa shape index (κ2) is 16.6. The van der Waals surface area contributed by atoms with Crippen molar-refractivity contribution in [1.29, 1.82) is 0 Å². The second-order valence-electron chi connectivity index (χ2n) is 9.59. The molecule has 0 unspecified atom stereocenters. The van der Waals surface area contributed by atoms with Crippen molar-refractivity contribution >= 4 is 22.4 Å². The molecule has 4 aromatic rings. The maximum atomic E-state index is 13.1. The number of quaternary nitrogens is 2. The van der Waals surface area contributed by atoms with Crippen LogP contribution in [-0.2, 0) is 19.5 Å². The molecule has 1 aliphatic heterocycles. The van der Waals surface area contributed by atoms with Gasteiger partial charge >= 0.3 is 0 Å². The van der Waals surface area contributed by atoms with E-state index < -0.39 is 0 Å². The first-order valence-electron chi connectivity index (χ1n) is 13.0. The van der Waals surface area contributed by atoms with Crippen molar-refractivity contribution in [2.75, 3.05) is 39.8 Å². The standard InChI is InChI=1S/C29H31ClN4O.CH4O.2ClH/c30-25-13-11-23(12-14-25)21-28-26-9-4-5-10-27(26)29(35)34(31-28)16-6-15-32-17-19-33(20-18-32)22-24-7-2-1-3-8-24;1-2;;/h1-5,7-14H,6,15-22H2;2H,1H3;2*1H. The van der Waals surface area contributed by atoms with Crippen molar-refractivity contribution in [3.8, 4) is 0 Å². The number of fused-ring (bicyclic) bond motifs is 1. The minimum atomic E-state index is 0. The van der Waals surface area contributed by atoms with Crippen LogP contribution in [0.25, 0.3) is 10.8 Å². The highest BCUT2D eigenvalue weighted by Crippen LogP contribution is 2.18. The van der Waals surface area contributed by atoms with E-state index in [2.05, 4.69) is 30.3 Å². The van der Waals surface area contributed by atoms with Gasteiger partial charge in [0.05, 0.1) is 24.2 Å². The van der Waals surface area contributed by atoms with Gasteiger partial charge in [0.25, 0.3) is 5.56 Å². The minimum Gasteiger partial charge on any atom is -1.00 e. The zero-order valence-electron chi connectivity index (χ0n) is 22.3. The number of aliphatic hydroxyl groups excluding tert-OH is 1. The predicted octanol–water partition coefficient (Wildman–Crippen LogP) is -4.37. The Morgan fingerprint density at radius 1 is 0.795 bits per heavy atom. The number of hydrogen-bond acceptors (Lipinski definition) is 3. The number of piperazine rings is 1. The molecular formula is C30H37Cl3N4O2. The summed E-state index contributed by atoms with van der Waals surface area (Å²) in [5, 5.41) is 14.2. The fourth-order valence-electron chi connectivity index (χ4n) is 5.13. The van der Waals surface area contributed by atoms with Crippen molar-refractivity contribution in [3.63, 3.8) is 0 Å². The van der Waals surface area contributed by atoms with Gasteiger partial charge in [-0.15, -0.1) is 0 Å². The zero-order chi connectivity index (χ0) is 26.0. The second-order valence-corrected chi connectivity index (χ2v) is 10.0. The van der Waals surface area contributed by atoms with E-state index in [1.165, 1.54) is 31.7 Å². The first kappa shape index (κ1) is 32.8. The average Bonchev–Trinajstić information content (AvgIpc) is 2.95. The molecule has 1 saturated heterocycles. The Hall–Kier alpha value is -2.45. The average molecular weight is 592 g/mol. The number of rotatable bonds is 8. The van der Waals surface area contributed by atoms with Gasteiger partial charge in [0, 0.05) is 35.9 Å². The van der Waals surface area contributed by atoms with Gasteiger partial charge in [0.1, 0.15) is 32.7 Å². The Bertz CT molecular complexity index is 1330. The third kappa shape index (κ3) is 9.04. The van der Waals surface area contributed by atoms with Crippen LogP contribution in [0.4, 0.5) is 0 Å². The Morgan fingerprint density at radius 3 is 2.05 bits per heavy atom. The number of hydrogen-bond donors (Lipinski definition) is 3. The molecule has 3 N–H and O–H groups in total. The molecule has 0 atom stereocenters. The summed E-state index contributed by atoms with van der Waals surface area (Å²) >= 11 is 6.06. The summed E-state index contributed by atoms with van der Waals surface area (Å²) < 4.78 is 1.68. The lowest BCUT2D eigenvalue weighted by molar-refractivity contribution is -1.02. The van der Waals surface area contributed by atoms with Crippen molar-refractivity contribution in [2.24, 2.45) is 0 Å². The molecule has 1 aliphatic rings. The van der Waals surface area contributed by atoms with Crippen LogP contribution in [0.2, 0.25) is 5.02 Å². The van der Waals surface area contributed by atoms with Crippen LogP contribution in [0, 0.1) is 0 Å². The first-order chi connectivity index (χ1) is 18.2. The van der Waals surface area contributed by atoms with Gasteiger partial charge < -0.3 is 39.7 Å². The number of aliphatic hydroxyl groups is 1. The van der Waals surface area contributed by atoms with Crippen molar-refractivity contribution < 1.29 is 39.7 Å². The third-order valence-corrected chi connectivity index (χ3v) is 7.34. The minimum absolute atomic E-state index is 0. The summed E-state index contributed by atoms with van der Waals surface area (Å²) in [6.45, 7) is 7.61. The van der Waals surface area contributed by atoms with Crippen LogP contribution in [-0.4, -0.2) is 54.7 Å². The smallest absolute Gasteiger partial charge is 0.274 e. The topological polar surface area (TPSA) is 64.0 Å². The quantitative estimate of drug-likeness (QED) is 0.194. The predicted molar refractivity (Wildman–Crippen MR) is 149 cm³/mol. The maximum absolute atomic E-state index is 13.1. The van der Waals surface area contributed by atoms with Crippen LogP contribution < -0.4 is 40.2 Å². The first-order valence-corrected chi connectivity index (χ1v) is 13.4. The highest BCUT2D eigenvalue weighted by atomic mass is 35.5. The van der Waals surface area contributed by atoms with Gasteiger partial charge in [-0.1, -0.05) is 72.3 Å². The summed E-state index contributed by atoms with van der Waals surface area (Å²) in [6.07, 6.45) is 1.63. The number of aromatic nitrogens is 2. The van der Waals surface area contributed by atoms with E-state index in [-0.39, 0.29) is 30.4 Å². The normalized spacial score (nSPS) is 16.4. The SMILES string of the molecule is CO.O=c1c2ccccc2c(Cc2ccc(Cl)cc2)nn1CCC[NH+]1CC[NH+](Cc2ccccc2)CC1.[Cl-].[Cl-]. The van der Waals surface area contributed by atoms with Crippen molar-refractivity contribution in [2.45, 2.75) is 25.9 Å². The van der Waals surface area contributed by atoms with Crippen molar-refractivity contribution in [3.05, 3.63) is 111 Å². The van der Waals surface area contributed by atoms with Crippen LogP contribution in [0.15, 0.2) is 83.7 Å². The molecule has 0 radical (unpaired) electrons. The van der Waals surface area contributed by atoms with E-state index in [4.69, 9.17) is 21.8 Å². The molecule has 0 amide bonds. The Balaban J connectivity index is 0.00000130. The van der Waals surface area contributed by atoms with Gasteiger partial charge in [0.2, 0.25) is 0 Å². The molecule has 2 heterocycles. The van der Waals surface area contributed by atoms with E-state index in [1.807, 2.05) is 48.5 Å². The van der Waals surface area contributed by atoms with Crippen LogP contribution in [0.5, 0.6) is 0 Å². The number of nitrogens with zero attached hydrogens (tertiary/aromatic N) is 2. The van der Waals surface area contributed by atoms with Crippen LogP contribution >= 0.6 is 11.6 Å². The fraction of sp³-hybridized carbons (Fsp3) is 0.333. The van der Waals surface area contributed by atoms with E-state index in [1.54, 1.807) is 14.5 Å². The monoisotopic (exact) mass is 590 g/mol. The summed E-state index contributed by atoms with van der Waals surface area (Å²) in [7, 11) is 1.00. The lowest BCUT2D eigenvalue weighted by atomic mass is 10.0. The van der Waals surface area contributed by atoms with Crippen LogP contribution in [0.1, 0.15) is 23.2 Å². The Morgan fingerprint density at radius 2 is 1.38 bits per heavy atom. The third-order valence-electron chi connectivity index (χ3n) is 7.09. The molecule has 6 nitrogen and oxygen atoms in total. The summed E-state index contributed by atoms with van der Waals surface area (Å²) in [6, 6.07) is 26.5. The Kier molecular flexibility index (Phi) is 14.0. The van der Waals surface area contributed by atoms with Gasteiger partial charge in [0.15, 0.2) is 0 Å². The highest BCUT2D eigenvalue weighted by Gasteiger charge is 2.22. The molecule has 0 spiro atoms. The van der Waals surface area contributed by atoms with Gasteiger partial charge in [-0.25, -0.2) is 4.68 Å². The molecule has 5 rings (SSSR count). The molecule has 39 heavy (non-hydrogen) atoms. The number of nitrogens with one attached hydrogen (secondary N) is 2. The van der Waals surface area contributed by atoms with E-state index >= 15 is 0 Å². The largest absolute Gasteiger partial charge is 1.00 e. The van der Waals surface area contributed by atoms with E-state index in [0.29, 0.717) is 13.0 Å². The van der Waals surface area contributed by atoms with Crippen LogP contribution in [0.3, 0.4) is 0 Å². The molecular weight excluding hydrogens is 555 g/mol. The van der Waals surface area contributed by atoms with Gasteiger partial charge in [-0.3, -0.25) is 4.79 Å². The fourth-order valence-corrected chi connectivity index (χ4v) is 5.26. The molecule has 1 aromatic heterocycles. The van der Waals surface area contributed by atoms with Crippen molar-refractivity contribution in [1.82, 2.24) is 9.78 Å². The number of aryl methyl sites for hydroxylation is 1. The molecule has 210 valence electrons. The van der Waals surface area contributed by atoms with Gasteiger partial charge in [-0.2, -0.15) is 5.10 Å². The molecule has 3 aromatic carbocycles. The maximum Gasteiger partial charge on any atom is 0.274 e. The summed E-state index contributed by atoms with van der Waals surface area (Å²) in [5.74, 6) is 0. The Labute approximate surface area is 248 Å². The summed E-state index contributed by atoms with van der Waals surface area (Å²) in [4.78, 5) is 16.5. The lowest BCUT2D eigenvalue weighted by Gasteiger charge is -2.29. The summed E-state index contributed by atoms with van der Waals surface area (Å²) in [5.41, 5.74) is 3.50. The molecule has 9 heteroatoms. The molecule has 1 fully saturated rings. The van der Waals surface area contributed by atoms with Gasteiger partial charge in [-0.05, 0) is 23.8 Å². The highest BCUT2D eigenvalue weighted by molar-refractivity contribution is 6.30. The van der Waals surface area contributed by atoms with E-state index in [9.17, 15) is 4.79 Å². The molecule has 0 saturated carbocycles. The van der Waals surface area contributed by atoms with E-state index in [0.717, 1.165) is 53.7 Å².